The predicted molar refractivity (Wildman–Crippen MR) is 218 cm³/mol. The second-order valence-electron chi connectivity index (χ2n) is 14.4. The molecule has 3 atom stereocenters. The van der Waals surface area contributed by atoms with Crippen LogP contribution in [0.5, 0.6) is 0 Å². The Bertz CT molecular complexity index is 1800. The quantitative estimate of drug-likeness (QED) is 0.0557. The van der Waals surface area contributed by atoms with E-state index in [1.54, 1.807) is 18.5 Å². The molecule has 302 valence electrons. The number of carbonyl (C=O) groups is 5. The number of pyridine rings is 1. The fraction of sp³-hybridized carbons (Fsp3) is 0.500. The van der Waals surface area contributed by atoms with Gasteiger partial charge in [0.2, 0.25) is 23.6 Å². The van der Waals surface area contributed by atoms with E-state index in [-0.39, 0.29) is 57.5 Å². The Morgan fingerprint density at radius 1 is 0.946 bits per heavy atom. The third kappa shape index (κ3) is 12.7. The molecule has 2 aromatic heterocycles. The van der Waals surface area contributed by atoms with Gasteiger partial charge in [0.25, 0.3) is 0 Å². The van der Waals surface area contributed by atoms with Crippen LogP contribution in [0, 0.1) is 5.92 Å². The smallest absolute Gasteiger partial charge is 0.312 e. The summed E-state index contributed by atoms with van der Waals surface area (Å²) in [5, 5.41) is 16.0. The molecule has 15 nitrogen and oxygen atoms in total. The molecule has 0 radical (unpaired) electrons. The number of benzene rings is 1. The number of urea groups is 1. The number of aromatic nitrogens is 2. The largest absolute Gasteiger partial charge is 0.388 e. The molecule has 5 rings (SSSR count). The molecule has 3 heterocycles. The summed E-state index contributed by atoms with van der Waals surface area (Å²) in [4.78, 5) is 76.6. The Morgan fingerprint density at radius 2 is 1.79 bits per heavy atom. The van der Waals surface area contributed by atoms with Crippen LogP contribution in [0.4, 0.5) is 4.79 Å². The van der Waals surface area contributed by atoms with Crippen molar-refractivity contribution in [2.45, 2.75) is 70.0 Å². The van der Waals surface area contributed by atoms with E-state index in [9.17, 15) is 24.0 Å². The van der Waals surface area contributed by atoms with Crippen LogP contribution in [0.15, 0.2) is 66.8 Å². The van der Waals surface area contributed by atoms with Crippen molar-refractivity contribution >= 4 is 53.2 Å². The van der Waals surface area contributed by atoms with Crippen LogP contribution < -0.4 is 32.3 Å². The highest BCUT2D eigenvalue weighted by Crippen LogP contribution is 2.35. The summed E-state index contributed by atoms with van der Waals surface area (Å²) < 4.78 is 0. The van der Waals surface area contributed by atoms with E-state index in [0.717, 1.165) is 28.5 Å². The SMILES string of the molecule is NC(=O)NCCCC(NC(=O)CNCCC1=CNC2CCCCC12)C(=O)N(CCc1c[nH]c2ccccc12)CC(=O)N(CC(=O)NCCS)Cc1cccnc1. The van der Waals surface area contributed by atoms with Gasteiger partial charge in [0.1, 0.15) is 6.04 Å². The van der Waals surface area contributed by atoms with E-state index in [1.165, 1.54) is 41.1 Å². The highest BCUT2D eigenvalue weighted by Gasteiger charge is 2.32. The molecule has 8 N–H and O–H groups in total. The van der Waals surface area contributed by atoms with Crippen molar-refractivity contribution in [3.8, 4) is 0 Å². The summed E-state index contributed by atoms with van der Waals surface area (Å²) in [6.07, 6.45) is 13.9. The fourth-order valence-corrected chi connectivity index (χ4v) is 7.63. The van der Waals surface area contributed by atoms with Gasteiger partial charge in [-0.2, -0.15) is 12.6 Å². The lowest BCUT2D eigenvalue weighted by Gasteiger charge is -2.30. The number of carbonyl (C=O) groups excluding carboxylic acids is 5. The van der Waals surface area contributed by atoms with Crippen LogP contribution in [-0.4, -0.2) is 113 Å². The number of primary amides is 1. The third-order valence-electron chi connectivity index (χ3n) is 10.4. The number of amides is 6. The fourth-order valence-electron chi connectivity index (χ4n) is 7.52. The van der Waals surface area contributed by atoms with E-state index >= 15 is 0 Å². The van der Waals surface area contributed by atoms with Gasteiger partial charge in [-0.1, -0.05) is 37.1 Å². The van der Waals surface area contributed by atoms with Crippen molar-refractivity contribution < 1.29 is 24.0 Å². The lowest BCUT2D eigenvalue weighted by Crippen LogP contribution is -2.54. The molecular weight excluding hydrogens is 733 g/mol. The van der Waals surface area contributed by atoms with Crippen molar-refractivity contribution in [1.82, 2.24) is 46.4 Å². The molecule has 1 fully saturated rings. The normalized spacial score (nSPS) is 16.6. The Balaban J connectivity index is 1.30. The summed E-state index contributed by atoms with van der Waals surface area (Å²) in [5.74, 6) is -0.617. The van der Waals surface area contributed by atoms with Gasteiger partial charge in [0, 0.05) is 73.4 Å². The zero-order valence-electron chi connectivity index (χ0n) is 31.9. The number of fused-ring (bicyclic) bond motifs is 2. The van der Waals surface area contributed by atoms with Crippen molar-refractivity contribution in [3.63, 3.8) is 0 Å². The second kappa shape index (κ2) is 21.9. The number of rotatable bonds is 22. The number of hydrogen-bond donors (Lipinski definition) is 8. The first-order chi connectivity index (χ1) is 27.2. The van der Waals surface area contributed by atoms with Gasteiger partial charge in [0.05, 0.1) is 19.6 Å². The Morgan fingerprint density at radius 3 is 2.59 bits per heavy atom. The topological polar surface area (TPSA) is 207 Å². The lowest BCUT2D eigenvalue weighted by atomic mass is 9.81. The van der Waals surface area contributed by atoms with Crippen LogP contribution in [0.25, 0.3) is 10.9 Å². The second-order valence-corrected chi connectivity index (χ2v) is 14.9. The molecule has 0 bridgehead atoms. The average Bonchev–Trinajstić information content (AvgIpc) is 3.82. The Kier molecular flexibility index (Phi) is 16.4. The summed E-state index contributed by atoms with van der Waals surface area (Å²) >= 11 is 4.17. The first-order valence-corrected chi connectivity index (χ1v) is 20.2. The number of hydrogen-bond acceptors (Lipinski definition) is 9. The maximum atomic E-state index is 14.5. The standard InChI is InChI=1S/C40H56N10O5S/c41-40(55)45-16-6-12-35(48-36(51)24-43-17-13-29-22-46-33-10-3-1-8-31(29)33)39(54)49(19-14-30-23-47-34-11-4-2-9-32(30)34)27-38(53)50(26-37(52)44-18-20-56)25-28-7-5-15-42-21-28/h2,4-5,7,9,11,15,21-23,31,33,35,43,46-47,56H,1,3,6,8,10,12-14,16-20,24-27H2,(H,44,52)(H,48,51)(H3,41,45,55). The summed E-state index contributed by atoms with van der Waals surface area (Å²) in [7, 11) is 0. The maximum Gasteiger partial charge on any atom is 0.312 e. The van der Waals surface area contributed by atoms with Gasteiger partial charge in [-0.05, 0) is 80.1 Å². The van der Waals surface area contributed by atoms with E-state index in [1.807, 2.05) is 36.5 Å². The summed E-state index contributed by atoms with van der Waals surface area (Å²) in [6, 6.07) is 10.2. The molecule has 6 amide bonds. The van der Waals surface area contributed by atoms with E-state index in [0.29, 0.717) is 43.6 Å². The number of nitrogens with two attached hydrogens (primary N) is 1. The Hall–Kier alpha value is -5.09. The first kappa shape index (κ1) is 42.1. The molecule has 1 saturated carbocycles. The number of nitrogens with one attached hydrogen (secondary N) is 6. The Labute approximate surface area is 333 Å². The highest BCUT2D eigenvalue weighted by atomic mass is 32.1. The molecule has 0 spiro atoms. The summed E-state index contributed by atoms with van der Waals surface area (Å²) in [6.45, 7) is 0.855. The van der Waals surface area contributed by atoms with Gasteiger partial charge in [0.15, 0.2) is 0 Å². The molecule has 0 saturated heterocycles. The number of thiol groups is 1. The number of nitrogens with zero attached hydrogens (tertiary/aromatic N) is 3. The molecule has 3 unspecified atom stereocenters. The van der Waals surface area contributed by atoms with Gasteiger partial charge < -0.3 is 47.1 Å². The van der Waals surface area contributed by atoms with Crippen LogP contribution in [0.1, 0.15) is 56.1 Å². The average molecular weight is 789 g/mol. The minimum atomic E-state index is -0.995. The van der Waals surface area contributed by atoms with Crippen molar-refractivity contribution in [3.05, 3.63) is 77.9 Å². The van der Waals surface area contributed by atoms with Crippen LogP contribution in [0.3, 0.4) is 0 Å². The molecule has 1 aromatic carbocycles. The molecule has 3 aromatic rings. The number of para-hydroxylation sites is 1. The van der Waals surface area contributed by atoms with Gasteiger partial charge in [-0.3, -0.25) is 24.2 Å². The van der Waals surface area contributed by atoms with Crippen LogP contribution in [-0.2, 0) is 32.1 Å². The highest BCUT2D eigenvalue weighted by molar-refractivity contribution is 7.80. The first-order valence-electron chi connectivity index (χ1n) is 19.6. The molecular formula is C40H56N10O5S. The predicted octanol–water partition coefficient (Wildman–Crippen LogP) is 1.97. The van der Waals surface area contributed by atoms with E-state index in [4.69, 9.17) is 5.73 Å². The third-order valence-corrected chi connectivity index (χ3v) is 10.6. The minimum absolute atomic E-state index is 0.00662. The van der Waals surface area contributed by atoms with E-state index < -0.39 is 23.9 Å². The van der Waals surface area contributed by atoms with E-state index in [2.05, 4.69) is 55.4 Å². The monoisotopic (exact) mass is 788 g/mol. The van der Waals surface area contributed by atoms with Crippen LogP contribution in [0.2, 0.25) is 0 Å². The van der Waals surface area contributed by atoms with Crippen molar-refractivity contribution in [2.75, 3.05) is 51.6 Å². The molecule has 16 heteroatoms. The zero-order chi connectivity index (χ0) is 39.7. The molecule has 56 heavy (non-hydrogen) atoms. The minimum Gasteiger partial charge on any atom is -0.388 e. The van der Waals surface area contributed by atoms with Crippen LogP contribution >= 0.6 is 12.6 Å². The molecule has 1 aliphatic carbocycles. The number of aromatic amines is 1. The maximum absolute atomic E-state index is 14.5. The molecule has 1 aliphatic heterocycles. The molecule has 2 aliphatic rings. The van der Waals surface area contributed by atoms with Gasteiger partial charge in [-0.25, -0.2) is 4.79 Å². The zero-order valence-corrected chi connectivity index (χ0v) is 32.8. The van der Waals surface area contributed by atoms with Gasteiger partial charge in [-0.15, -0.1) is 0 Å². The lowest BCUT2D eigenvalue weighted by molar-refractivity contribution is -0.144. The van der Waals surface area contributed by atoms with Crippen molar-refractivity contribution in [1.29, 1.82) is 0 Å². The number of H-pyrrole nitrogens is 1. The van der Waals surface area contributed by atoms with Crippen molar-refractivity contribution in [2.24, 2.45) is 11.7 Å². The summed E-state index contributed by atoms with van der Waals surface area (Å²) in [5.41, 5.74) is 9.29. The van der Waals surface area contributed by atoms with Gasteiger partial charge >= 0.3 is 6.03 Å².